The number of rotatable bonds is 44. The quantitative estimate of drug-likeness (QED) is 0.0153. The lowest BCUT2D eigenvalue weighted by Crippen LogP contribution is -2.69. The van der Waals surface area contributed by atoms with Gasteiger partial charge in [0.05, 0.1) is 68.3 Å². The van der Waals surface area contributed by atoms with E-state index in [0.29, 0.717) is 0 Å². The number of carbonyl (C=O) groups excluding carboxylic acids is 5. The molecule has 0 saturated carbocycles. The number of carbonyl (C=O) groups is 7. The Kier molecular flexibility index (Phi) is 47.0. The predicted molar refractivity (Wildman–Crippen MR) is 435 cm³/mol. The third-order valence-electron chi connectivity index (χ3n) is 20.9. The fourth-order valence-electron chi connectivity index (χ4n) is 14.6. The number of hydrogen-bond acceptors (Lipinski definition) is 53. The summed E-state index contributed by atoms with van der Waals surface area (Å²) in [6, 6.07) is 0. The van der Waals surface area contributed by atoms with Crippen molar-refractivity contribution in [3.63, 3.8) is 0 Å². The molecule has 47 nitrogen and oxygen atoms in total. The molecule has 30 heterocycles. The average Bonchev–Trinajstić information content (AvgIpc) is 0.763. The van der Waals surface area contributed by atoms with Crippen molar-refractivity contribution >= 4 is 138 Å². The molecule has 126 heavy (non-hydrogen) atoms. The van der Waals surface area contributed by atoms with Crippen LogP contribution in [0.25, 0.3) is 0 Å². The first-order chi connectivity index (χ1) is 60.6. The number of hydrogen-bond donors (Lipinski definition) is 19. The Hall–Kier alpha value is -2.23. The summed E-state index contributed by atoms with van der Waals surface area (Å²) in [6.07, 6.45) is -79.3. The summed E-state index contributed by atoms with van der Waals surface area (Å²) < 4.78 is 126. The van der Waals surface area contributed by atoms with Crippen molar-refractivity contribution in [3.8, 4) is 0 Å². The van der Waals surface area contributed by atoms with Gasteiger partial charge in [0.25, 0.3) is 32.4 Å². The van der Waals surface area contributed by atoms with Crippen LogP contribution in [-0.4, -0.2) is 519 Å². The second kappa shape index (κ2) is 55.1. The molecule has 40 atom stereocenters. The highest BCUT2D eigenvalue weighted by Gasteiger charge is 2.61. The van der Waals surface area contributed by atoms with Gasteiger partial charge in [0.15, 0.2) is 50.3 Å². The molecule has 30 aliphatic rings. The minimum absolute atomic E-state index is 0.0126. The summed E-state index contributed by atoms with van der Waals surface area (Å²) in [6.45, 7) is -0.373. The van der Waals surface area contributed by atoms with Crippen LogP contribution in [0.3, 0.4) is 0 Å². The molecule has 55 heteroatoms. The number of aliphatic carboxylic acids is 2. The monoisotopic (exact) mass is 1970 g/mol. The molecule has 0 aromatic carbocycles. The molecule has 16 bridgehead atoms. The SMILES string of the molecule is O=COCCSCC1OC2OC3C(CSCCO)OC(OC4C(CSCCC(=O)O)OC(OC5C(CSCCC(=O)O)OC(OC6C(CSCCOC=O)OC(OC7C(CSCCOC=O)OC(OC8C(CSCCOC=O)OC(OC9C(CSCCOC=O)OC(OC1C(O)C2O)C(O)C9O)C(O)C8O)C(O)C7O)C(O)C6O)C(O)C5O)C(O)C4O)C(O)C3O. The molecule has 30 fully saturated rings. The van der Waals surface area contributed by atoms with Gasteiger partial charge in [0.2, 0.25) is 0 Å². The Morgan fingerprint density at radius 3 is 0.500 bits per heavy atom. The molecule has 19 N–H and O–H groups in total. The average molecular weight is 1970 g/mol. The van der Waals surface area contributed by atoms with Gasteiger partial charge < -0.3 is 196 Å². The molecule has 30 aliphatic heterocycles. The summed E-state index contributed by atoms with van der Waals surface area (Å²) in [5.74, 6) is -4.55. The van der Waals surface area contributed by atoms with Gasteiger partial charge >= 0.3 is 11.9 Å². The Balaban J connectivity index is 1.11. The number of thioether (sulfide) groups is 8. The van der Waals surface area contributed by atoms with Crippen molar-refractivity contribution in [2.45, 2.75) is 258 Å². The molecule has 30 rings (SSSR count). The molecule has 40 unspecified atom stereocenters. The lowest BCUT2D eigenvalue weighted by atomic mass is 9.95. The Morgan fingerprint density at radius 1 is 0.222 bits per heavy atom. The van der Waals surface area contributed by atoms with Crippen molar-refractivity contribution in [2.75, 3.05) is 132 Å². The zero-order valence-corrected chi connectivity index (χ0v) is 73.7. The first-order valence-electron chi connectivity index (χ1n) is 39.9. The molecule has 0 spiro atoms. The molecule has 0 aromatic rings. The molecule has 0 aromatic heterocycles. The van der Waals surface area contributed by atoms with Crippen molar-refractivity contribution in [3.05, 3.63) is 0 Å². The summed E-state index contributed by atoms with van der Waals surface area (Å²) >= 11 is 8.03. The second-order valence-electron chi connectivity index (χ2n) is 29.4. The largest absolute Gasteiger partial charge is 0.481 e. The van der Waals surface area contributed by atoms with Gasteiger partial charge in [-0.2, -0.15) is 94.1 Å². The lowest BCUT2D eigenvalue weighted by molar-refractivity contribution is -0.396. The van der Waals surface area contributed by atoms with E-state index < -0.39 is 277 Å². The lowest BCUT2D eigenvalue weighted by Gasteiger charge is -2.51. The summed E-state index contributed by atoms with van der Waals surface area (Å²) in [7, 11) is 0. The molecular weight excluding hydrogens is 1860 g/mol. The van der Waals surface area contributed by atoms with Crippen LogP contribution in [0.2, 0.25) is 0 Å². The highest BCUT2D eigenvalue weighted by Crippen LogP contribution is 2.43. The smallest absolute Gasteiger partial charge is 0.304 e. The third kappa shape index (κ3) is 29.9. The van der Waals surface area contributed by atoms with Gasteiger partial charge in [-0.3, -0.25) is 33.6 Å². The molecule has 726 valence electrons. The fourth-order valence-corrected chi connectivity index (χ4v) is 21.7. The van der Waals surface area contributed by atoms with E-state index in [1.807, 2.05) is 0 Å². The van der Waals surface area contributed by atoms with E-state index in [4.69, 9.17) is 99.5 Å². The van der Waals surface area contributed by atoms with E-state index in [-0.39, 0.29) is 157 Å². The number of aliphatic hydroxyl groups is 17. The van der Waals surface area contributed by atoms with E-state index in [1.54, 1.807) is 0 Å². The van der Waals surface area contributed by atoms with Crippen LogP contribution < -0.4 is 0 Å². The molecule has 0 radical (unpaired) electrons. The minimum Gasteiger partial charge on any atom is -0.481 e. The van der Waals surface area contributed by atoms with E-state index in [0.717, 1.165) is 94.1 Å². The van der Waals surface area contributed by atoms with E-state index in [2.05, 4.69) is 0 Å². The highest BCUT2D eigenvalue weighted by molar-refractivity contribution is 8.00. The maximum atomic E-state index is 12.3. The summed E-state index contributed by atoms with van der Waals surface area (Å²) in [5.41, 5.74) is 0. The maximum absolute atomic E-state index is 12.3. The Labute approximate surface area is 754 Å². The summed E-state index contributed by atoms with van der Waals surface area (Å²) in [5, 5.41) is 225. The van der Waals surface area contributed by atoms with Crippen LogP contribution in [0.5, 0.6) is 0 Å². The number of carboxylic acid groups (broad SMARTS) is 2. The molecule has 30 saturated heterocycles. The van der Waals surface area contributed by atoms with Crippen molar-refractivity contribution in [1.29, 1.82) is 0 Å². The minimum atomic E-state index is -2.26. The summed E-state index contributed by atoms with van der Waals surface area (Å²) in [4.78, 5) is 79.6. The predicted octanol–water partition coefficient (Wildman–Crippen LogP) is -9.67. The molecular formula is C71H112O47S8. The normalized spacial score (nSPS) is 41.8. The van der Waals surface area contributed by atoms with Gasteiger partial charge in [-0.1, -0.05) is 0 Å². The Bertz CT molecular complexity index is 3200. The Morgan fingerprint density at radius 2 is 0.365 bits per heavy atom. The van der Waals surface area contributed by atoms with Gasteiger partial charge in [0, 0.05) is 92.0 Å². The molecule has 0 amide bonds. The van der Waals surface area contributed by atoms with E-state index in [1.165, 1.54) is 0 Å². The fraction of sp³-hybridized carbons (Fsp3) is 0.901. The van der Waals surface area contributed by atoms with Crippen LogP contribution in [0.4, 0.5) is 0 Å². The van der Waals surface area contributed by atoms with Crippen molar-refractivity contribution < 1.29 is 230 Å². The first kappa shape index (κ1) is 107. The zero-order chi connectivity index (χ0) is 91.3. The van der Waals surface area contributed by atoms with E-state index in [9.17, 15) is 131 Å². The van der Waals surface area contributed by atoms with Crippen molar-refractivity contribution in [2.24, 2.45) is 0 Å². The standard InChI is InChI=1S/C71H112O47S8/c72-3-11-121-19-32-58-42(84)50(92)66(105-32)112-57-31(18-120-10-2-39(80)81)103-64(48(90)40(57)82)111-56-30(17-119-9-1-38(78)79)104-65(49(91)41(56)83)114-59-33(20-122-12-4-98-25-73)107-68(52(94)44(59)86)116-61-35(22-124-14-6-100-27-75)109-70(54(96)46(61)88)118-63-37(24-126-16-8-102-29-77)110-71(55(97)47(63)89)117-62-36(23-125-15-7-101-28-76)108-69(53(95)45(62)87)115-60-34(21-123-13-5-99-26-74)106-67(113-58)51(93)43(60)85/h25-37,40-72,82-97H,1-24H2,(H,78,79)(H,80,81). The zero-order valence-electron chi connectivity index (χ0n) is 67.1. The first-order valence-corrected chi connectivity index (χ1v) is 49.1. The number of carboxylic acids is 2. The van der Waals surface area contributed by atoms with Crippen LogP contribution >= 0.6 is 94.1 Å². The van der Waals surface area contributed by atoms with Gasteiger partial charge in [-0.05, 0) is 0 Å². The van der Waals surface area contributed by atoms with Gasteiger partial charge in [-0.15, -0.1) is 0 Å². The molecule has 0 aliphatic carbocycles. The van der Waals surface area contributed by atoms with Crippen molar-refractivity contribution in [1.82, 2.24) is 0 Å². The third-order valence-corrected chi connectivity index (χ3v) is 29.2. The van der Waals surface area contributed by atoms with Gasteiger partial charge in [0.1, 0.15) is 180 Å². The topological polar surface area (TPSA) is 698 Å². The van der Waals surface area contributed by atoms with Gasteiger partial charge in [-0.25, -0.2) is 0 Å². The van der Waals surface area contributed by atoms with Crippen LogP contribution in [0, 0.1) is 0 Å². The van der Waals surface area contributed by atoms with Crippen LogP contribution in [0.15, 0.2) is 0 Å². The highest BCUT2D eigenvalue weighted by atomic mass is 32.2. The van der Waals surface area contributed by atoms with Crippen LogP contribution in [0.1, 0.15) is 12.8 Å². The maximum Gasteiger partial charge on any atom is 0.304 e. The number of aliphatic hydroxyl groups excluding tert-OH is 17. The van der Waals surface area contributed by atoms with E-state index >= 15 is 0 Å². The second-order valence-corrected chi connectivity index (χ2v) is 38.6. The van der Waals surface area contributed by atoms with Crippen LogP contribution in [-0.2, 0) is 133 Å². The number of ether oxygens (including phenoxy) is 21.